The Labute approximate surface area is 175 Å². The number of amides is 1. The van der Waals surface area contributed by atoms with Crippen LogP contribution < -0.4 is 19.7 Å². The first-order valence-electron chi connectivity index (χ1n) is 9.50. The van der Waals surface area contributed by atoms with Gasteiger partial charge in [0.1, 0.15) is 6.54 Å². The third kappa shape index (κ3) is 4.90. The Hall–Kier alpha value is -1.95. The van der Waals surface area contributed by atoms with Crippen LogP contribution in [-0.2, 0) is 17.8 Å². The number of halogens is 2. The molecule has 1 unspecified atom stereocenters. The van der Waals surface area contributed by atoms with Gasteiger partial charge in [0.2, 0.25) is 0 Å². The van der Waals surface area contributed by atoms with Gasteiger partial charge in [0.05, 0.1) is 35.5 Å². The van der Waals surface area contributed by atoms with Crippen molar-refractivity contribution in [3.8, 4) is 11.5 Å². The van der Waals surface area contributed by atoms with Crippen molar-refractivity contribution in [2.45, 2.75) is 26.8 Å². The molecule has 28 heavy (non-hydrogen) atoms. The second-order valence-corrected chi connectivity index (χ2v) is 7.47. The lowest BCUT2D eigenvalue weighted by atomic mass is 9.98. The molecule has 1 amide bonds. The lowest BCUT2D eigenvalue weighted by Gasteiger charge is -2.26. The zero-order valence-corrected chi connectivity index (χ0v) is 17.6. The molecule has 0 fully saturated rings. The molecule has 2 aromatic carbocycles. The average molecular weight is 424 g/mol. The zero-order valence-electron chi connectivity index (χ0n) is 16.1. The Morgan fingerprint density at radius 2 is 1.79 bits per heavy atom. The molecule has 1 aliphatic rings. The Balaban J connectivity index is 1.68. The largest absolute Gasteiger partial charge is 0.490 e. The number of nitrogens with one attached hydrogen (secondary N) is 2. The second-order valence-electron chi connectivity index (χ2n) is 6.69. The van der Waals surface area contributed by atoms with Crippen molar-refractivity contribution in [3.05, 3.63) is 51.5 Å². The average Bonchev–Trinajstić information content (AvgIpc) is 2.66. The number of quaternary nitrogens is 1. The predicted molar refractivity (Wildman–Crippen MR) is 112 cm³/mol. The maximum atomic E-state index is 12.5. The molecule has 2 N–H and O–H groups in total. The summed E-state index contributed by atoms with van der Waals surface area (Å²) in [7, 11) is 0. The molecule has 2 aromatic rings. The number of fused-ring (bicyclic) bond motifs is 1. The van der Waals surface area contributed by atoms with E-state index >= 15 is 0 Å². The van der Waals surface area contributed by atoms with E-state index in [2.05, 4.69) is 17.4 Å². The molecule has 1 aliphatic heterocycles. The first-order valence-corrected chi connectivity index (χ1v) is 10.3. The summed E-state index contributed by atoms with van der Waals surface area (Å²) < 4.78 is 11.4. The first-order chi connectivity index (χ1) is 13.5. The highest BCUT2D eigenvalue weighted by molar-refractivity contribution is 6.43. The molecular formula is C21H25Cl2N2O3+. The van der Waals surface area contributed by atoms with Crippen LogP contribution in [0.25, 0.3) is 0 Å². The van der Waals surface area contributed by atoms with Crippen LogP contribution in [0.2, 0.25) is 10.0 Å². The van der Waals surface area contributed by atoms with Crippen LogP contribution in [0, 0.1) is 0 Å². The van der Waals surface area contributed by atoms with Crippen LogP contribution in [0.1, 0.15) is 25.0 Å². The molecule has 150 valence electrons. The van der Waals surface area contributed by atoms with E-state index < -0.39 is 0 Å². The fourth-order valence-corrected chi connectivity index (χ4v) is 3.77. The summed E-state index contributed by atoms with van der Waals surface area (Å²) >= 11 is 12.2. The number of carbonyl (C=O) groups is 1. The summed E-state index contributed by atoms with van der Waals surface area (Å²) in [6, 6.07) is 9.33. The molecule has 1 atom stereocenters. The molecule has 0 saturated carbocycles. The van der Waals surface area contributed by atoms with E-state index in [4.69, 9.17) is 32.7 Å². The molecule has 0 aliphatic carbocycles. The third-order valence-corrected chi connectivity index (χ3v) is 5.51. The van der Waals surface area contributed by atoms with Crippen molar-refractivity contribution in [2.75, 3.05) is 31.6 Å². The molecule has 3 rings (SSSR count). The number of hydrogen-bond donors (Lipinski definition) is 2. The summed E-state index contributed by atoms with van der Waals surface area (Å²) in [4.78, 5) is 13.7. The van der Waals surface area contributed by atoms with Crippen LogP contribution >= 0.6 is 23.2 Å². The normalized spacial score (nSPS) is 15.6. The van der Waals surface area contributed by atoms with Gasteiger partial charge >= 0.3 is 0 Å². The standard InChI is InChI=1S/C21H24Cl2N2O3/c1-3-27-18-10-14-8-9-25(12-15(14)11-19(18)28-4-2)13-20(26)24-17-7-5-6-16(22)21(17)23/h5-7,10-11H,3-4,8-9,12-13H2,1-2H3,(H,24,26)/p+1. The van der Waals surface area contributed by atoms with Gasteiger partial charge < -0.3 is 19.7 Å². The number of rotatable bonds is 7. The maximum Gasteiger partial charge on any atom is 0.279 e. The number of anilines is 1. The monoisotopic (exact) mass is 423 g/mol. The highest BCUT2D eigenvalue weighted by Crippen LogP contribution is 2.32. The van der Waals surface area contributed by atoms with Gasteiger partial charge in [-0.05, 0) is 43.7 Å². The summed E-state index contributed by atoms with van der Waals surface area (Å²) in [5, 5.41) is 3.64. The molecule has 0 aromatic heterocycles. The van der Waals surface area contributed by atoms with E-state index in [0.717, 1.165) is 31.0 Å². The first kappa shape index (κ1) is 20.8. The van der Waals surface area contributed by atoms with Crippen molar-refractivity contribution in [1.82, 2.24) is 0 Å². The van der Waals surface area contributed by atoms with Crippen LogP contribution in [0.15, 0.2) is 30.3 Å². The minimum Gasteiger partial charge on any atom is -0.490 e. The highest BCUT2D eigenvalue weighted by atomic mass is 35.5. The molecule has 1 heterocycles. The van der Waals surface area contributed by atoms with E-state index in [9.17, 15) is 4.79 Å². The van der Waals surface area contributed by atoms with Gasteiger partial charge in [-0.3, -0.25) is 4.79 Å². The van der Waals surface area contributed by atoms with Gasteiger partial charge in [-0.2, -0.15) is 0 Å². The van der Waals surface area contributed by atoms with Crippen molar-refractivity contribution < 1.29 is 19.2 Å². The van der Waals surface area contributed by atoms with Crippen LogP contribution in [-0.4, -0.2) is 32.2 Å². The van der Waals surface area contributed by atoms with Gasteiger partial charge in [0, 0.05) is 12.0 Å². The lowest BCUT2D eigenvalue weighted by Crippen LogP contribution is -3.12. The Kier molecular flexibility index (Phi) is 7.05. The molecule has 0 bridgehead atoms. The van der Waals surface area contributed by atoms with Crippen LogP contribution in [0.3, 0.4) is 0 Å². The number of ether oxygens (including phenoxy) is 2. The lowest BCUT2D eigenvalue weighted by molar-refractivity contribution is -0.907. The van der Waals surface area contributed by atoms with Gasteiger partial charge in [-0.1, -0.05) is 29.3 Å². The van der Waals surface area contributed by atoms with Crippen molar-refractivity contribution >= 4 is 34.8 Å². The van der Waals surface area contributed by atoms with E-state index in [1.165, 1.54) is 16.0 Å². The molecule has 0 spiro atoms. The summed E-state index contributed by atoms with van der Waals surface area (Å²) in [5.41, 5.74) is 2.99. The molecule has 0 radical (unpaired) electrons. The SMILES string of the molecule is CCOc1cc2c(cc1OCC)C[NH+](CC(=O)Nc1cccc(Cl)c1Cl)CC2. The number of carbonyl (C=O) groups excluding carboxylic acids is 1. The summed E-state index contributed by atoms with van der Waals surface area (Å²) in [6.07, 6.45) is 0.891. The van der Waals surface area contributed by atoms with E-state index in [0.29, 0.717) is 35.5 Å². The minimum absolute atomic E-state index is 0.0846. The number of benzene rings is 2. The Morgan fingerprint density at radius 1 is 1.11 bits per heavy atom. The second kappa shape index (κ2) is 9.50. The zero-order chi connectivity index (χ0) is 20.1. The maximum absolute atomic E-state index is 12.5. The fraction of sp³-hybridized carbons (Fsp3) is 0.381. The summed E-state index contributed by atoms with van der Waals surface area (Å²) in [5.74, 6) is 1.47. The topological polar surface area (TPSA) is 52.0 Å². The van der Waals surface area contributed by atoms with Crippen molar-refractivity contribution in [1.29, 1.82) is 0 Å². The van der Waals surface area contributed by atoms with E-state index in [1.54, 1.807) is 18.2 Å². The quantitative estimate of drug-likeness (QED) is 0.717. The van der Waals surface area contributed by atoms with Gasteiger partial charge in [0.25, 0.3) is 5.91 Å². The van der Waals surface area contributed by atoms with Crippen molar-refractivity contribution in [2.24, 2.45) is 0 Å². The van der Waals surface area contributed by atoms with Crippen LogP contribution in [0.5, 0.6) is 11.5 Å². The van der Waals surface area contributed by atoms with E-state index in [1.807, 2.05) is 13.8 Å². The van der Waals surface area contributed by atoms with Crippen LogP contribution in [0.4, 0.5) is 5.69 Å². The smallest absolute Gasteiger partial charge is 0.279 e. The molecule has 7 heteroatoms. The fourth-order valence-electron chi connectivity index (χ4n) is 3.42. The van der Waals surface area contributed by atoms with Gasteiger partial charge in [-0.25, -0.2) is 0 Å². The highest BCUT2D eigenvalue weighted by Gasteiger charge is 2.24. The Morgan fingerprint density at radius 3 is 2.46 bits per heavy atom. The predicted octanol–water partition coefficient (Wildman–Crippen LogP) is 3.37. The third-order valence-electron chi connectivity index (χ3n) is 4.69. The van der Waals surface area contributed by atoms with Gasteiger partial charge in [0.15, 0.2) is 18.0 Å². The molecule has 0 saturated heterocycles. The Bertz CT molecular complexity index is 858. The molecule has 5 nitrogen and oxygen atoms in total. The van der Waals surface area contributed by atoms with Gasteiger partial charge in [-0.15, -0.1) is 0 Å². The van der Waals surface area contributed by atoms with E-state index in [-0.39, 0.29) is 5.91 Å². The van der Waals surface area contributed by atoms with Crippen molar-refractivity contribution in [3.63, 3.8) is 0 Å². The minimum atomic E-state index is -0.0846. The summed E-state index contributed by atoms with van der Waals surface area (Å²) in [6.45, 7) is 7.10. The number of hydrogen-bond acceptors (Lipinski definition) is 3. The molecular weight excluding hydrogens is 399 g/mol.